The lowest BCUT2D eigenvalue weighted by Crippen LogP contribution is -2.10. The second-order valence-electron chi connectivity index (χ2n) is 5.11. The van der Waals surface area contributed by atoms with Gasteiger partial charge in [-0.25, -0.2) is 4.98 Å². The van der Waals surface area contributed by atoms with Gasteiger partial charge in [0, 0.05) is 18.5 Å². The van der Waals surface area contributed by atoms with Gasteiger partial charge in [0.25, 0.3) is 0 Å². The Balaban J connectivity index is 2.14. The fraction of sp³-hybridized carbons (Fsp3) is 0.533. The van der Waals surface area contributed by atoms with Gasteiger partial charge in [0.05, 0.1) is 11.0 Å². The van der Waals surface area contributed by atoms with Crippen LogP contribution in [0.1, 0.15) is 32.0 Å². The Morgan fingerprint density at radius 1 is 1.37 bits per heavy atom. The van der Waals surface area contributed by atoms with Crippen molar-refractivity contribution in [2.75, 3.05) is 6.54 Å². The van der Waals surface area contributed by atoms with E-state index in [1.165, 1.54) is 6.42 Å². The summed E-state index contributed by atoms with van der Waals surface area (Å²) >= 11 is 6.04. The lowest BCUT2D eigenvalue weighted by atomic mass is 9.96. The molecule has 1 aromatic heterocycles. The summed E-state index contributed by atoms with van der Waals surface area (Å²) in [5.41, 5.74) is 7.77. The number of nitrogens with zero attached hydrogens (tertiary/aromatic N) is 2. The molecule has 3 nitrogen and oxygen atoms in total. The van der Waals surface area contributed by atoms with E-state index in [2.05, 4.69) is 18.5 Å². The van der Waals surface area contributed by atoms with Crippen molar-refractivity contribution in [3.05, 3.63) is 29.0 Å². The molecular formula is C15H22ClN3. The van der Waals surface area contributed by atoms with Crippen LogP contribution in [-0.4, -0.2) is 16.1 Å². The summed E-state index contributed by atoms with van der Waals surface area (Å²) in [4.78, 5) is 4.69. The molecule has 2 N–H and O–H groups in total. The van der Waals surface area contributed by atoms with Crippen molar-refractivity contribution in [3.63, 3.8) is 0 Å². The molecule has 1 unspecified atom stereocenters. The molecule has 0 aliphatic heterocycles. The summed E-state index contributed by atoms with van der Waals surface area (Å²) in [7, 11) is 2.06. The van der Waals surface area contributed by atoms with Gasteiger partial charge in [-0.1, -0.05) is 24.9 Å². The van der Waals surface area contributed by atoms with Gasteiger partial charge in [0.1, 0.15) is 5.82 Å². The van der Waals surface area contributed by atoms with Crippen molar-refractivity contribution in [1.29, 1.82) is 0 Å². The van der Waals surface area contributed by atoms with Gasteiger partial charge < -0.3 is 10.3 Å². The fourth-order valence-corrected chi connectivity index (χ4v) is 2.72. The summed E-state index contributed by atoms with van der Waals surface area (Å²) in [6, 6.07) is 5.85. The summed E-state index contributed by atoms with van der Waals surface area (Å²) in [6.45, 7) is 3.01. The van der Waals surface area contributed by atoms with Crippen LogP contribution in [-0.2, 0) is 13.5 Å². The lowest BCUT2D eigenvalue weighted by Gasteiger charge is -2.13. The average Bonchev–Trinajstić information content (AvgIpc) is 2.71. The van der Waals surface area contributed by atoms with Crippen molar-refractivity contribution in [2.24, 2.45) is 18.7 Å². The van der Waals surface area contributed by atoms with Crippen molar-refractivity contribution < 1.29 is 0 Å². The summed E-state index contributed by atoms with van der Waals surface area (Å²) in [6.07, 6.45) is 4.44. The topological polar surface area (TPSA) is 43.8 Å². The number of halogens is 1. The highest BCUT2D eigenvalue weighted by molar-refractivity contribution is 6.31. The van der Waals surface area contributed by atoms with Crippen LogP contribution < -0.4 is 5.73 Å². The zero-order valence-electron chi connectivity index (χ0n) is 11.7. The van der Waals surface area contributed by atoms with Crippen molar-refractivity contribution in [2.45, 2.75) is 32.6 Å². The minimum atomic E-state index is 0.702. The maximum atomic E-state index is 6.04. The van der Waals surface area contributed by atoms with E-state index >= 15 is 0 Å². The minimum absolute atomic E-state index is 0.702. The van der Waals surface area contributed by atoms with Crippen molar-refractivity contribution in [1.82, 2.24) is 9.55 Å². The molecule has 0 fully saturated rings. The molecule has 0 bridgehead atoms. The maximum absolute atomic E-state index is 6.04. The molecule has 2 rings (SSSR count). The molecule has 0 aliphatic carbocycles. The zero-order valence-corrected chi connectivity index (χ0v) is 12.5. The first kappa shape index (κ1) is 14.4. The van der Waals surface area contributed by atoms with Gasteiger partial charge in [0.15, 0.2) is 0 Å². The molecule has 4 heteroatoms. The number of hydrogen-bond acceptors (Lipinski definition) is 2. The minimum Gasteiger partial charge on any atom is -0.331 e. The maximum Gasteiger partial charge on any atom is 0.109 e. The molecule has 0 amide bonds. The molecule has 0 saturated heterocycles. The lowest BCUT2D eigenvalue weighted by molar-refractivity contribution is 0.437. The Bertz CT molecular complexity index is 548. The zero-order chi connectivity index (χ0) is 13.8. The average molecular weight is 280 g/mol. The number of aromatic nitrogens is 2. The molecular weight excluding hydrogens is 258 g/mol. The third kappa shape index (κ3) is 3.28. The Hall–Kier alpha value is -1.06. The van der Waals surface area contributed by atoms with Crippen molar-refractivity contribution in [3.8, 4) is 0 Å². The summed E-state index contributed by atoms with van der Waals surface area (Å²) in [5.74, 6) is 1.83. The van der Waals surface area contributed by atoms with Crippen LogP contribution in [0.2, 0.25) is 5.02 Å². The second kappa shape index (κ2) is 6.40. The van der Waals surface area contributed by atoms with E-state index in [9.17, 15) is 0 Å². The molecule has 19 heavy (non-hydrogen) atoms. The van der Waals surface area contributed by atoms with Gasteiger partial charge in [-0.2, -0.15) is 0 Å². The highest BCUT2D eigenvalue weighted by Gasteiger charge is 2.11. The van der Waals surface area contributed by atoms with Crippen LogP contribution in [0.15, 0.2) is 18.2 Å². The van der Waals surface area contributed by atoms with Crippen LogP contribution in [0.4, 0.5) is 0 Å². The largest absolute Gasteiger partial charge is 0.331 e. The van der Waals surface area contributed by atoms with E-state index in [1.54, 1.807) is 0 Å². The monoisotopic (exact) mass is 279 g/mol. The normalized spacial score (nSPS) is 13.1. The quantitative estimate of drug-likeness (QED) is 0.879. The van der Waals surface area contributed by atoms with Crippen LogP contribution >= 0.6 is 11.6 Å². The molecule has 2 aromatic rings. The summed E-state index contributed by atoms with van der Waals surface area (Å²) in [5, 5.41) is 0.761. The van der Waals surface area contributed by atoms with Crippen LogP contribution in [0.3, 0.4) is 0 Å². The third-order valence-electron chi connectivity index (χ3n) is 3.86. The molecule has 0 radical (unpaired) electrons. The standard InChI is InChI=1S/C15H22ClN3/c1-3-11(8-9-17)4-7-15-18-13-6-5-12(16)10-14(13)19(15)2/h5-6,10-11H,3-4,7-9,17H2,1-2H3. The van der Waals surface area contributed by atoms with Gasteiger partial charge in [-0.05, 0) is 43.5 Å². The first-order chi connectivity index (χ1) is 9.15. The first-order valence-electron chi connectivity index (χ1n) is 6.96. The smallest absolute Gasteiger partial charge is 0.109 e. The Morgan fingerprint density at radius 2 is 2.16 bits per heavy atom. The van der Waals surface area contributed by atoms with E-state index in [4.69, 9.17) is 22.3 Å². The highest BCUT2D eigenvalue weighted by Crippen LogP contribution is 2.22. The summed E-state index contributed by atoms with van der Waals surface area (Å²) < 4.78 is 2.15. The van der Waals surface area contributed by atoms with Crippen LogP contribution in [0.5, 0.6) is 0 Å². The number of rotatable bonds is 6. The molecule has 104 valence electrons. The number of fused-ring (bicyclic) bond motifs is 1. The molecule has 1 atom stereocenters. The second-order valence-corrected chi connectivity index (χ2v) is 5.55. The molecule has 0 saturated carbocycles. The highest BCUT2D eigenvalue weighted by atomic mass is 35.5. The van der Waals surface area contributed by atoms with E-state index in [0.29, 0.717) is 5.92 Å². The number of aryl methyl sites for hydroxylation is 2. The number of benzene rings is 1. The third-order valence-corrected chi connectivity index (χ3v) is 4.10. The van der Waals surface area contributed by atoms with Gasteiger partial charge in [-0.3, -0.25) is 0 Å². The SMILES string of the molecule is CCC(CCN)CCc1nc2ccc(Cl)cc2n1C. The molecule has 1 heterocycles. The van der Waals surface area contributed by atoms with E-state index < -0.39 is 0 Å². The van der Waals surface area contributed by atoms with Crippen molar-refractivity contribution >= 4 is 22.6 Å². The molecule has 0 aliphatic rings. The molecule has 0 spiro atoms. The number of hydrogen-bond donors (Lipinski definition) is 1. The van der Waals surface area contributed by atoms with Gasteiger partial charge in [0.2, 0.25) is 0 Å². The Kier molecular flexibility index (Phi) is 4.83. The van der Waals surface area contributed by atoms with Gasteiger partial charge >= 0.3 is 0 Å². The van der Waals surface area contributed by atoms with Crippen LogP contribution in [0.25, 0.3) is 11.0 Å². The Morgan fingerprint density at radius 3 is 2.84 bits per heavy atom. The Labute approximate surface area is 119 Å². The molecule has 1 aromatic carbocycles. The number of imidazole rings is 1. The number of nitrogens with two attached hydrogens (primary N) is 1. The fourth-order valence-electron chi connectivity index (χ4n) is 2.56. The van der Waals surface area contributed by atoms with Gasteiger partial charge in [-0.15, -0.1) is 0 Å². The van der Waals surface area contributed by atoms with E-state index in [1.807, 2.05) is 18.2 Å². The predicted molar refractivity (Wildman–Crippen MR) is 81.5 cm³/mol. The van der Waals surface area contributed by atoms with E-state index in [-0.39, 0.29) is 0 Å². The van der Waals surface area contributed by atoms with E-state index in [0.717, 1.165) is 47.7 Å². The predicted octanol–water partition coefficient (Wildman–Crippen LogP) is 3.53. The van der Waals surface area contributed by atoms with Crippen LogP contribution in [0, 0.1) is 5.92 Å². The first-order valence-corrected chi connectivity index (χ1v) is 7.34.